The molecule has 2 rings (SSSR count). The van der Waals surface area contributed by atoms with Crippen molar-refractivity contribution >= 4 is 5.69 Å². The van der Waals surface area contributed by atoms with E-state index in [4.69, 9.17) is 0 Å². The molecular formula is C15H24N2. The van der Waals surface area contributed by atoms with Crippen molar-refractivity contribution < 1.29 is 0 Å². The van der Waals surface area contributed by atoms with Crippen molar-refractivity contribution in [3.8, 4) is 0 Å². The SMILES string of the molecule is c1ccc(NCCN2CCCCCCC2)cc1. The van der Waals surface area contributed by atoms with Gasteiger partial charge in [0.2, 0.25) is 0 Å². The van der Waals surface area contributed by atoms with Gasteiger partial charge in [0, 0.05) is 18.8 Å². The lowest BCUT2D eigenvalue weighted by molar-refractivity contribution is 0.256. The van der Waals surface area contributed by atoms with Crippen LogP contribution in [0.25, 0.3) is 0 Å². The summed E-state index contributed by atoms with van der Waals surface area (Å²) in [6.45, 7) is 4.81. The summed E-state index contributed by atoms with van der Waals surface area (Å²) in [7, 11) is 0. The monoisotopic (exact) mass is 232 g/mol. The van der Waals surface area contributed by atoms with Crippen LogP contribution >= 0.6 is 0 Å². The zero-order valence-corrected chi connectivity index (χ0v) is 10.7. The average Bonchev–Trinajstić information content (AvgIpc) is 2.33. The number of benzene rings is 1. The lowest BCUT2D eigenvalue weighted by Gasteiger charge is -2.24. The zero-order chi connectivity index (χ0) is 11.8. The van der Waals surface area contributed by atoms with Crippen LogP contribution in [0.5, 0.6) is 0 Å². The van der Waals surface area contributed by atoms with Gasteiger partial charge in [-0.05, 0) is 38.1 Å². The number of nitrogens with one attached hydrogen (secondary N) is 1. The molecule has 0 amide bonds. The second-order valence-electron chi connectivity index (χ2n) is 4.90. The third-order valence-electron chi connectivity index (χ3n) is 3.48. The van der Waals surface area contributed by atoms with E-state index in [1.54, 1.807) is 0 Å². The van der Waals surface area contributed by atoms with E-state index in [1.165, 1.54) is 57.4 Å². The number of rotatable bonds is 4. The average molecular weight is 232 g/mol. The zero-order valence-electron chi connectivity index (χ0n) is 10.7. The number of para-hydroxylation sites is 1. The van der Waals surface area contributed by atoms with E-state index in [-0.39, 0.29) is 0 Å². The molecule has 1 saturated heterocycles. The lowest BCUT2D eigenvalue weighted by Crippen LogP contribution is -2.31. The molecule has 0 aromatic heterocycles. The molecule has 1 aromatic carbocycles. The maximum atomic E-state index is 3.49. The molecule has 0 bridgehead atoms. The van der Waals surface area contributed by atoms with Gasteiger partial charge in [0.1, 0.15) is 0 Å². The molecule has 17 heavy (non-hydrogen) atoms. The highest BCUT2D eigenvalue weighted by Gasteiger charge is 2.06. The summed E-state index contributed by atoms with van der Waals surface area (Å²) in [4.78, 5) is 2.61. The van der Waals surface area contributed by atoms with Gasteiger partial charge in [0.05, 0.1) is 0 Å². The molecule has 1 heterocycles. The van der Waals surface area contributed by atoms with E-state index in [0.29, 0.717) is 0 Å². The van der Waals surface area contributed by atoms with E-state index in [0.717, 1.165) is 6.54 Å². The maximum Gasteiger partial charge on any atom is 0.0340 e. The van der Waals surface area contributed by atoms with Crippen LogP contribution in [0.15, 0.2) is 30.3 Å². The first-order valence-electron chi connectivity index (χ1n) is 6.96. The van der Waals surface area contributed by atoms with Crippen LogP contribution in [0.3, 0.4) is 0 Å². The van der Waals surface area contributed by atoms with Gasteiger partial charge in [-0.3, -0.25) is 0 Å². The summed E-state index contributed by atoms with van der Waals surface area (Å²) in [5.41, 5.74) is 1.24. The van der Waals surface area contributed by atoms with Crippen molar-refractivity contribution in [1.29, 1.82) is 0 Å². The van der Waals surface area contributed by atoms with Gasteiger partial charge in [-0.1, -0.05) is 37.5 Å². The summed E-state index contributed by atoms with van der Waals surface area (Å²) < 4.78 is 0. The van der Waals surface area contributed by atoms with Gasteiger partial charge >= 0.3 is 0 Å². The van der Waals surface area contributed by atoms with Crippen molar-refractivity contribution in [2.24, 2.45) is 0 Å². The highest BCUT2D eigenvalue weighted by molar-refractivity contribution is 5.42. The van der Waals surface area contributed by atoms with Crippen molar-refractivity contribution in [2.45, 2.75) is 32.1 Å². The minimum Gasteiger partial charge on any atom is -0.384 e. The Balaban J connectivity index is 1.66. The van der Waals surface area contributed by atoms with Crippen molar-refractivity contribution in [3.05, 3.63) is 30.3 Å². The van der Waals surface area contributed by atoms with Crippen LogP contribution in [-0.2, 0) is 0 Å². The Kier molecular flexibility index (Phi) is 5.37. The third-order valence-corrected chi connectivity index (χ3v) is 3.48. The fourth-order valence-corrected chi connectivity index (χ4v) is 2.45. The molecule has 1 aromatic rings. The van der Waals surface area contributed by atoms with Crippen molar-refractivity contribution in [2.75, 3.05) is 31.5 Å². The highest BCUT2D eigenvalue weighted by Crippen LogP contribution is 2.10. The van der Waals surface area contributed by atoms with E-state index in [1.807, 2.05) is 0 Å². The van der Waals surface area contributed by atoms with Crippen LogP contribution in [-0.4, -0.2) is 31.1 Å². The molecule has 0 radical (unpaired) electrons. The Morgan fingerprint density at radius 3 is 2.24 bits per heavy atom. The van der Waals surface area contributed by atoms with Crippen LogP contribution in [0.2, 0.25) is 0 Å². The van der Waals surface area contributed by atoms with E-state index >= 15 is 0 Å². The van der Waals surface area contributed by atoms with Gasteiger partial charge in [0.15, 0.2) is 0 Å². The Bertz CT molecular complexity index is 289. The molecule has 1 N–H and O–H groups in total. The van der Waals surface area contributed by atoms with E-state index in [2.05, 4.69) is 40.5 Å². The minimum absolute atomic E-state index is 1.06. The van der Waals surface area contributed by atoms with Gasteiger partial charge in [-0.15, -0.1) is 0 Å². The fourth-order valence-electron chi connectivity index (χ4n) is 2.45. The van der Waals surface area contributed by atoms with E-state index < -0.39 is 0 Å². The number of hydrogen-bond acceptors (Lipinski definition) is 2. The maximum absolute atomic E-state index is 3.49. The first-order chi connectivity index (χ1) is 8.45. The summed E-state index contributed by atoms with van der Waals surface area (Å²) in [6.07, 6.45) is 7.04. The Hall–Kier alpha value is -1.02. The Labute approximate surface area is 105 Å². The van der Waals surface area contributed by atoms with E-state index in [9.17, 15) is 0 Å². The summed E-state index contributed by atoms with van der Waals surface area (Å²) in [6, 6.07) is 10.5. The predicted octanol–water partition coefficient (Wildman–Crippen LogP) is 3.36. The lowest BCUT2D eigenvalue weighted by atomic mass is 10.1. The molecule has 94 valence electrons. The van der Waals surface area contributed by atoms with Gasteiger partial charge in [0.25, 0.3) is 0 Å². The first kappa shape index (κ1) is 12.4. The van der Waals surface area contributed by atoms with Crippen LogP contribution in [0, 0.1) is 0 Å². The molecule has 2 nitrogen and oxygen atoms in total. The smallest absolute Gasteiger partial charge is 0.0340 e. The highest BCUT2D eigenvalue weighted by atomic mass is 15.1. The number of nitrogens with zero attached hydrogens (tertiary/aromatic N) is 1. The second-order valence-corrected chi connectivity index (χ2v) is 4.90. The van der Waals surface area contributed by atoms with Gasteiger partial charge in [-0.2, -0.15) is 0 Å². The quantitative estimate of drug-likeness (QED) is 0.856. The molecule has 1 aliphatic rings. The van der Waals surface area contributed by atoms with Crippen LogP contribution in [0.4, 0.5) is 5.69 Å². The molecule has 2 heteroatoms. The summed E-state index contributed by atoms with van der Waals surface area (Å²) >= 11 is 0. The largest absolute Gasteiger partial charge is 0.384 e. The van der Waals surface area contributed by atoms with Crippen LogP contribution in [0.1, 0.15) is 32.1 Å². The van der Waals surface area contributed by atoms with Crippen LogP contribution < -0.4 is 5.32 Å². The number of likely N-dealkylation sites (tertiary alicyclic amines) is 1. The number of hydrogen-bond donors (Lipinski definition) is 1. The van der Waals surface area contributed by atoms with Gasteiger partial charge in [-0.25, -0.2) is 0 Å². The summed E-state index contributed by atoms with van der Waals surface area (Å²) in [5.74, 6) is 0. The minimum atomic E-state index is 1.06. The predicted molar refractivity (Wildman–Crippen MR) is 74.5 cm³/mol. The molecule has 1 aliphatic heterocycles. The molecule has 0 spiro atoms. The fraction of sp³-hybridized carbons (Fsp3) is 0.600. The molecule has 0 atom stereocenters. The standard InChI is InChI=1S/C15H24N2/c1-2-7-12-17(13-8-3-1)14-11-16-15-9-5-4-6-10-15/h4-6,9-10,16H,1-3,7-8,11-14H2. The summed E-state index contributed by atoms with van der Waals surface area (Å²) in [5, 5.41) is 3.49. The van der Waals surface area contributed by atoms with Gasteiger partial charge < -0.3 is 10.2 Å². The first-order valence-corrected chi connectivity index (χ1v) is 6.96. The molecule has 0 saturated carbocycles. The number of anilines is 1. The second kappa shape index (κ2) is 7.33. The molecular weight excluding hydrogens is 208 g/mol. The van der Waals surface area contributed by atoms with Crippen molar-refractivity contribution in [1.82, 2.24) is 4.90 Å². The van der Waals surface area contributed by atoms with Crippen molar-refractivity contribution in [3.63, 3.8) is 0 Å². The topological polar surface area (TPSA) is 15.3 Å². The Morgan fingerprint density at radius 1 is 0.882 bits per heavy atom. The molecule has 0 aliphatic carbocycles. The Morgan fingerprint density at radius 2 is 1.53 bits per heavy atom. The molecule has 1 fully saturated rings. The third kappa shape index (κ3) is 4.78. The molecule has 0 unspecified atom stereocenters. The normalized spacial score (nSPS) is 18.4.